The van der Waals surface area contributed by atoms with Crippen molar-refractivity contribution in [3.63, 3.8) is 0 Å². The average molecular weight is 256 g/mol. The van der Waals surface area contributed by atoms with Crippen LogP contribution in [0.2, 0.25) is 0 Å². The van der Waals surface area contributed by atoms with Crippen LogP contribution in [0.4, 0.5) is 0 Å². The summed E-state index contributed by atoms with van der Waals surface area (Å²) in [6.45, 7) is 1.16. The number of aromatic nitrogens is 2. The largest absolute Gasteiger partial charge is 0.231 e. The molecule has 0 N–H and O–H groups in total. The molecule has 0 spiro atoms. The smallest absolute Gasteiger partial charge is 0.160 e. The lowest BCUT2D eigenvalue weighted by atomic mass is 10.1. The molecule has 4 nitrogen and oxygen atoms in total. The highest BCUT2D eigenvalue weighted by atomic mass is 32.2. The third-order valence-corrected chi connectivity index (χ3v) is 3.55. The van der Waals surface area contributed by atoms with Crippen molar-refractivity contribution < 1.29 is 0 Å². The molecule has 90 valence electrons. The van der Waals surface area contributed by atoms with Gasteiger partial charge in [-0.3, -0.25) is 0 Å². The summed E-state index contributed by atoms with van der Waals surface area (Å²) in [5.41, 5.74) is 3.17. The highest BCUT2D eigenvalue weighted by Crippen LogP contribution is 2.27. The summed E-state index contributed by atoms with van der Waals surface area (Å²) in [5.74, 6) is 0.774. The van der Waals surface area contributed by atoms with Crippen LogP contribution >= 0.6 is 11.8 Å². The topological polar surface area (TPSA) is 50.5 Å². The molecule has 3 rings (SSSR count). The number of hydrogen-bond donors (Lipinski definition) is 0. The van der Waals surface area contributed by atoms with E-state index >= 15 is 0 Å². The zero-order valence-corrected chi connectivity index (χ0v) is 10.8. The molecule has 0 unspecified atom stereocenters. The van der Waals surface area contributed by atoms with Crippen LogP contribution in [0.25, 0.3) is 11.4 Å². The highest BCUT2D eigenvalue weighted by molar-refractivity contribution is 7.98. The lowest BCUT2D eigenvalue weighted by Gasteiger charge is -2.13. The van der Waals surface area contributed by atoms with Crippen molar-refractivity contribution in [1.82, 2.24) is 9.97 Å². The maximum Gasteiger partial charge on any atom is 0.160 e. The van der Waals surface area contributed by atoms with Gasteiger partial charge in [-0.2, -0.15) is 10.2 Å². The van der Waals surface area contributed by atoms with Crippen LogP contribution in [-0.4, -0.2) is 16.2 Å². The van der Waals surface area contributed by atoms with E-state index in [0.717, 1.165) is 27.7 Å². The number of nitrogens with zero attached hydrogens (tertiary/aromatic N) is 4. The molecule has 0 saturated heterocycles. The Morgan fingerprint density at radius 3 is 2.56 bits per heavy atom. The first kappa shape index (κ1) is 11.3. The number of hydrogen-bond acceptors (Lipinski definition) is 5. The van der Waals surface area contributed by atoms with E-state index in [2.05, 4.69) is 20.2 Å². The van der Waals surface area contributed by atoms with E-state index in [1.807, 2.05) is 36.6 Å². The predicted molar refractivity (Wildman–Crippen MR) is 71.5 cm³/mol. The third kappa shape index (κ3) is 2.01. The monoisotopic (exact) mass is 256 g/mol. The minimum absolute atomic E-state index is 0.561. The second kappa shape index (κ2) is 4.86. The van der Waals surface area contributed by atoms with Crippen LogP contribution in [0.1, 0.15) is 11.3 Å². The van der Waals surface area contributed by atoms with Gasteiger partial charge in [-0.1, -0.05) is 30.3 Å². The molecule has 0 bridgehead atoms. The maximum atomic E-state index is 4.62. The quantitative estimate of drug-likeness (QED) is 0.611. The molecule has 5 heteroatoms. The molecule has 0 aliphatic carbocycles. The molecular formula is C13H12N4S. The van der Waals surface area contributed by atoms with E-state index < -0.39 is 0 Å². The Bertz CT molecular complexity index is 595. The molecule has 2 heterocycles. The lowest BCUT2D eigenvalue weighted by molar-refractivity contribution is 0.730. The van der Waals surface area contributed by atoms with Crippen molar-refractivity contribution in [1.29, 1.82) is 0 Å². The molecule has 0 atom stereocenters. The first-order chi connectivity index (χ1) is 8.88. The van der Waals surface area contributed by atoms with Gasteiger partial charge in [0.05, 0.1) is 12.2 Å². The normalized spacial score (nSPS) is 13.4. The summed E-state index contributed by atoms with van der Waals surface area (Å²) in [5, 5.41) is 9.13. The van der Waals surface area contributed by atoms with Crippen molar-refractivity contribution in [2.45, 2.75) is 18.1 Å². The SMILES string of the molecule is CSc1nc(-c2ccccc2)nc2c1CN=NC2. The van der Waals surface area contributed by atoms with Crippen molar-refractivity contribution in [3.8, 4) is 11.4 Å². The molecule has 2 aromatic rings. The Kier molecular flexibility index (Phi) is 3.06. The third-order valence-electron chi connectivity index (χ3n) is 2.83. The Morgan fingerprint density at radius 2 is 1.78 bits per heavy atom. The molecule has 1 aliphatic heterocycles. The van der Waals surface area contributed by atoms with E-state index in [-0.39, 0.29) is 0 Å². The summed E-state index contributed by atoms with van der Waals surface area (Å²) in [6.07, 6.45) is 2.03. The zero-order chi connectivity index (χ0) is 12.4. The standard InChI is InChI=1S/C13H12N4S/c1-18-13-10-7-14-15-8-11(10)16-12(17-13)9-5-3-2-4-6-9/h2-6H,7-8H2,1H3. The number of fused-ring (bicyclic) bond motifs is 1. The molecular weight excluding hydrogens is 244 g/mol. The fourth-order valence-corrected chi connectivity index (χ4v) is 2.53. The van der Waals surface area contributed by atoms with Gasteiger partial charge in [-0.15, -0.1) is 11.8 Å². The minimum Gasteiger partial charge on any atom is -0.231 e. The lowest BCUT2D eigenvalue weighted by Crippen LogP contribution is -2.06. The number of benzene rings is 1. The van der Waals surface area contributed by atoms with Gasteiger partial charge in [0.2, 0.25) is 0 Å². The zero-order valence-electron chi connectivity index (χ0n) is 10.00. The van der Waals surface area contributed by atoms with Gasteiger partial charge < -0.3 is 0 Å². The van der Waals surface area contributed by atoms with E-state index in [0.29, 0.717) is 13.1 Å². The second-order valence-corrected chi connectivity index (χ2v) is 4.74. The predicted octanol–water partition coefficient (Wildman–Crippen LogP) is 3.33. The van der Waals surface area contributed by atoms with E-state index in [1.54, 1.807) is 11.8 Å². The van der Waals surface area contributed by atoms with Crippen LogP contribution in [0.5, 0.6) is 0 Å². The fourth-order valence-electron chi connectivity index (χ4n) is 1.92. The number of thioether (sulfide) groups is 1. The first-order valence-corrected chi connectivity index (χ1v) is 6.93. The molecule has 0 amide bonds. The maximum absolute atomic E-state index is 4.62. The van der Waals surface area contributed by atoms with Gasteiger partial charge in [0.15, 0.2) is 5.82 Å². The second-order valence-electron chi connectivity index (χ2n) is 3.95. The minimum atomic E-state index is 0.561. The number of rotatable bonds is 2. The van der Waals surface area contributed by atoms with Crippen LogP contribution in [0.3, 0.4) is 0 Å². The van der Waals surface area contributed by atoms with Gasteiger partial charge in [0.25, 0.3) is 0 Å². The molecule has 0 saturated carbocycles. The first-order valence-electron chi connectivity index (χ1n) is 5.71. The Labute approximate surface area is 110 Å². The van der Waals surface area contributed by atoms with Crippen molar-refractivity contribution in [2.24, 2.45) is 10.2 Å². The summed E-state index contributed by atoms with van der Waals surface area (Å²) in [6, 6.07) is 10.0. The summed E-state index contributed by atoms with van der Waals surface area (Å²) >= 11 is 1.64. The van der Waals surface area contributed by atoms with E-state index in [1.165, 1.54) is 0 Å². The average Bonchev–Trinajstić information content (AvgIpc) is 2.47. The van der Waals surface area contributed by atoms with Crippen LogP contribution in [0, 0.1) is 0 Å². The molecule has 0 fully saturated rings. The van der Waals surface area contributed by atoms with Gasteiger partial charge >= 0.3 is 0 Å². The van der Waals surface area contributed by atoms with Gasteiger partial charge in [0.1, 0.15) is 11.6 Å². The van der Waals surface area contributed by atoms with Crippen molar-refractivity contribution >= 4 is 11.8 Å². The Balaban J connectivity index is 2.13. The van der Waals surface area contributed by atoms with E-state index in [4.69, 9.17) is 0 Å². The molecule has 18 heavy (non-hydrogen) atoms. The Hall–Kier alpha value is -1.75. The molecule has 0 radical (unpaired) electrons. The molecule has 1 aromatic heterocycles. The molecule has 1 aliphatic rings. The number of azo groups is 1. The van der Waals surface area contributed by atoms with Crippen molar-refractivity contribution in [2.75, 3.05) is 6.26 Å². The van der Waals surface area contributed by atoms with Gasteiger partial charge in [-0.05, 0) is 6.26 Å². The van der Waals surface area contributed by atoms with Crippen LogP contribution in [0.15, 0.2) is 45.6 Å². The van der Waals surface area contributed by atoms with Crippen LogP contribution in [-0.2, 0) is 13.1 Å². The van der Waals surface area contributed by atoms with E-state index in [9.17, 15) is 0 Å². The Morgan fingerprint density at radius 1 is 1.00 bits per heavy atom. The van der Waals surface area contributed by atoms with Gasteiger partial charge in [-0.25, -0.2) is 9.97 Å². The highest BCUT2D eigenvalue weighted by Gasteiger charge is 2.16. The summed E-state index contributed by atoms with van der Waals surface area (Å²) < 4.78 is 0. The summed E-state index contributed by atoms with van der Waals surface area (Å²) in [7, 11) is 0. The van der Waals surface area contributed by atoms with Gasteiger partial charge in [0, 0.05) is 11.1 Å². The fraction of sp³-hybridized carbons (Fsp3) is 0.231. The van der Waals surface area contributed by atoms with Crippen LogP contribution < -0.4 is 0 Å². The summed E-state index contributed by atoms with van der Waals surface area (Å²) in [4.78, 5) is 9.24. The van der Waals surface area contributed by atoms with Crippen molar-refractivity contribution in [3.05, 3.63) is 41.6 Å². The molecule has 1 aromatic carbocycles.